The van der Waals surface area contributed by atoms with E-state index in [4.69, 9.17) is 0 Å². The molecular weight excluding hydrogens is 458 g/mol. The summed E-state index contributed by atoms with van der Waals surface area (Å²) in [6.45, 7) is 4.35. The highest BCUT2D eigenvalue weighted by Gasteiger charge is 2.37. The Morgan fingerprint density at radius 2 is 1.71 bits per heavy atom. The molecule has 4 heterocycles. The van der Waals surface area contributed by atoms with Gasteiger partial charge in [-0.15, -0.1) is 11.3 Å². The van der Waals surface area contributed by atoms with Crippen molar-refractivity contribution >= 4 is 23.3 Å². The normalized spacial score (nSPS) is 20.0. The Hall–Kier alpha value is -3.23. The number of fused-ring (bicyclic) bond motifs is 1. The van der Waals surface area contributed by atoms with Gasteiger partial charge in [0.1, 0.15) is 0 Å². The summed E-state index contributed by atoms with van der Waals surface area (Å²) < 4.78 is 0. The van der Waals surface area contributed by atoms with Gasteiger partial charge in [-0.05, 0) is 35.1 Å². The first-order valence-corrected chi connectivity index (χ1v) is 13.2. The van der Waals surface area contributed by atoms with Crippen LogP contribution in [0.1, 0.15) is 27.3 Å². The molecule has 2 saturated heterocycles. The first kappa shape index (κ1) is 22.2. The van der Waals surface area contributed by atoms with E-state index < -0.39 is 0 Å². The molecule has 35 heavy (non-hydrogen) atoms. The number of amides is 3. The topological polar surface area (TPSA) is 68.8 Å². The lowest BCUT2D eigenvalue weighted by Gasteiger charge is -2.44. The number of hydrogen-bond acceptors (Lipinski definition) is 5. The van der Waals surface area contributed by atoms with Crippen molar-refractivity contribution in [1.29, 1.82) is 0 Å². The number of nitrogens with zero attached hydrogens (tertiary/aromatic N) is 4. The quantitative estimate of drug-likeness (QED) is 0.612. The average Bonchev–Trinajstić information content (AvgIpc) is 3.58. The van der Waals surface area contributed by atoms with Crippen molar-refractivity contribution in [3.8, 4) is 11.1 Å². The van der Waals surface area contributed by atoms with Gasteiger partial charge in [-0.25, -0.2) is 9.78 Å². The molecule has 0 aliphatic carbocycles. The number of hydrogen-bond donors (Lipinski definition) is 1. The Morgan fingerprint density at radius 3 is 2.51 bits per heavy atom. The van der Waals surface area contributed by atoms with E-state index in [1.807, 2.05) is 26.1 Å². The zero-order chi connectivity index (χ0) is 23.8. The number of nitrogens with one attached hydrogen (secondary N) is 1. The summed E-state index contributed by atoms with van der Waals surface area (Å²) in [4.78, 5) is 35.5. The van der Waals surface area contributed by atoms with Crippen LogP contribution in [-0.2, 0) is 13.0 Å². The Labute approximate surface area is 209 Å². The van der Waals surface area contributed by atoms with Crippen LogP contribution in [0.3, 0.4) is 0 Å². The molecule has 180 valence electrons. The Kier molecular flexibility index (Phi) is 6.00. The zero-order valence-corrected chi connectivity index (χ0v) is 20.4. The van der Waals surface area contributed by atoms with Crippen LogP contribution in [0.5, 0.6) is 0 Å². The molecule has 0 saturated carbocycles. The monoisotopic (exact) mass is 487 g/mol. The largest absolute Gasteiger partial charge is 0.335 e. The molecule has 1 aromatic heterocycles. The predicted octanol–water partition coefficient (Wildman–Crippen LogP) is 3.48. The van der Waals surface area contributed by atoms with Gasteiger partial charge in [-0.3, -0.25) is 4.79 Å². The van der Waals surface area contributed by atoms with Crippen molar-refractivity contribution in [2.75, 3.05) is 32.7 Å². The molecule has 2 aromatic carbocycles. The maximum Gasteiger partial charge on any atom is 0.320 e. The average molecular weight is 488 g/mol. The highest BCUT2D eigenvalue weighted by molar-refractivity contribution is 7.11. The smallest absolute Gasteiger partial charge is 0.320 e. The van der Waals surface area contributed by atoms with Gasteiger partial charge in [-0.2, -0.15) is 0 Å². The summed E-state index contributed by atoms with van der Waals surface area (Å²) in [5.74, 6) is 0.0241. The summed E-state index contributed by atoms with van der Waals surface area (Å²) >= 11 is 1.39. The molecule has 7 nitrogen and oxygen atoms in total. The highest BCUT2D eigenvalue weighted by Crippen LogP contribution is 2.27. The minimum absolute atomic E-state index is 0.0241. The van der Waals surface area contributed by atoms with Gasteiger partial charge in [0.25, 0.3) is 5.91 Å². The third-order valence-electron chi connectivity index (χ3n) is 7.31. The maximum absolute atomic E-state index is 13.1. The van der Waals surface area contributed by atoms with E-state index in [0.29, 0.717) is 24.1 Å². The highest BCUT2D eigenvalue weighted by atomic mass is 32.1. The van der Waals surface area contributed by atoms with Gasteiger partial charge in [0.2, 0.25) is 0 Å². The third-order valence-corrected chi connectivity index (χ3v) is 8.07. The zero-order valence-electron chi connectivity index (χ0n) is 19.6. The van der Waals surface area contributed by atoms with Crippen molar-refractivity contribution in [3.63, 3.8) is 0 Å². The lowest BCUT2D eigenvalue weighted by Crippen LogP contribution is -2.64. The van der Waals surface area contributed by atoms with Crippen molar-refractivity contribution in [1.82, 2.24) is 25.0 Å². The molecule has 1 N–H and O–H groups in total. The number of benzene rings is 2. The fraction of sp³-hybridized carbons (Fsp3) is 0.370. The van der Waals surface area contributed by atoms with Gasteiger partial charge in [0.15, 0.2) is 5.01 Å². The van der Waals surface area contributed by atoms with Gasteiger partial charge >= 0.3 is 6.03 Å². The Morgan fingerprint density at radius 1 is 0.886 bits per heavy atom. The fourth-order valence-corrected chi connectivity index (χ4v) is 5.95. The number of thiazole rings is 1. The summed E-state index contributed by atoms with van der Waals surface area (Å²) in [6.07, 6.45) is 3.50. The fourth-order valence-electron chi connectivity index (χ4n) is 5.35. The van der Waals surface area contributed by atoms with E-state index >= 15 is 0 Å². The molecule has 3 aromatic rings. The number of likely N-dealkylation sites (tertiary alicyclic amines) is 2. The van der Waals surface area contributed by atoms with E-state index in [1.165, 1.54) is 33.6 Å². The van der Waals surface area contributed by atoms with Gasteiger partial charge < -0.3 is 20.0 Å². The van der Waals surface area contributed by atoms with Crippen molar-refractivity contribution in [2.24, 2.45) is 0 Å². The Bertz CT molecular complexity index is 1210. The van der Waals surface area contributed by atoms with E-state index in [9.17, 15) is 9.59 Å². The minimum atomic E-state index is 0.0241. The molecule has 6 rings (SSSR count). The first-order chi connectivity index (χ1) is 17.1. The molecule has 8 heteroatoms. The molecule has 3 aliphatic heterocycles. The molecule has 3 amide bonds. The standard InChI is InChI=1S/C27H29N5O2S/c33-26(25-28-10-13-35-25)30-12-9-23(16-30)29-24-17-32(18-24)27(34)31-11-8-21-14-20(6-7-22(21)15-31)19-4-2-1-3-5-19/h1-7,10,13-14,23-24,29H,8-9,11-12,15-18H2. The molecule has 0 spiro atoms. The van der Waals surface area contributed by atoms with Gasteiger partial charge in [0.05, 0.1) is 0 Å². The second-order valence-electron chi connectivity index (χ2n) is 9.65. The molecule has 0 bridgehead atoms. The van der Waals surface area contributed by atoms with Crippen LogP contribution < -0.4 is 5.32 Å². The summed E-state index contributed by atoms with van der Waals surface area (Å²) in [7, 11) is 0. The number of carbonyl (C=O) groups is 2. The lowest BCUT2D eigenvalue weighted by molar-refractivity contribution is 0.0781. The predicted molar refractivity (Wildman–Crippen MR) is 136 cm³/mol. The summed E-state index contributed by atoms with van der Waals surface area (Å²) in [6, 6.07) is 17.8. The number of urea groups is 1. The van der Waals surface area contributed by atoms with E-state index in [0.717, 1.165) is 39.0 Å². The summed E-state index contributed by atoms with van der Waals surface area (Å²) in [5.41, 5.74) is 5.05. The van der Waals surface area contributed by atoms with Crippen molar-refractivity contribution in [3.05, 3.63) is 76.2 Å². The number of carbonyl (C=O) groups excluding carboxylic acids is 2. The van der Waals surface area contributed by atoms with Crippen LogP contribution in [-0.4, -0.2) is 76.4 Å². The van der Waals surface area contributed by atoms with Crippen LogP contribution >= 0.6 is 11.3 Å². The van der Waals surface area contributed by atoms with Crippen molar-refractivity contribution < 1.29 is 9.59 Å². The Balaban J connectivity index is 0.988. The van der Waals surface area contributed by atoms with Crippen LogP contribution in [0.2, 0.25) is 0 Å². The SMILES string of the molecule is O=C(c1nccs1)N1CCC(NC2CN(C(=O)N3CCc4cc(-c5ccccc5)ccc4C3)C2)C1. The molecule has 3 aliphatic rings. The molecular formula is C27H29N5O2S. The van der Waals surface area contributed by atoms with Gasteiger partial charge in [-0.1, -0.05) is 48.5 Å². The van der Waals surface area contributed by atoms with Crippen LogP contribution in [0.4, 0.5) is 4.79 Å². The maximum atomic E-state index is 13.1. The molecule has 1 atom stereocenters. The van der Waals surface area contributed by atoms with Gasteiger partial charge in [0, 0.05) is 62.9 Å². The molecule has 2 fully saturated rings. The van der Waals surface area contributed by atoms with E-state index in [1.54, 1.807) is 6.20 Å². The number of rotatable bonds is 4. The molecule has 0 radical (unpaired) electrons. The van der Waals surface area contributed by atoms with Crippen molar-refractivity contribution in [2.45, 2.75) is 31.5 Å². The lowest BCUT2D eigenvalue weighted by atomic mass is 9.94. The van der Waals surface area contributed by atoms with E-state index in [2.05, 4.69) is 52.8 Å². The van der Waals surface area contributed by atoms with Crippen LogP contribution in [0.25, 0.3) is 11.1 Å². The second kappa shape index (κ2) is 9.43. The third kappa shape index (κ3) is 4.56. The number of aromatic nitrogens is 1. The minimum Gasteiger partial charge on any atom is -0.335 e. The summed E-state index contributed by atoms with van der Waals surface area (Å²) in [5, 5.41) is 6.04. The second-order valence-corrected chi connectivity index (χ2v) is 10.5. The first-order valence-electron chi connectivity index (χ1n) is 12.3. The van der Waals surface area contributed by atoms with Crippen LogP contribution in [0, 0.1) is 0 Å². The molecule has 1 unspecified atom stereocenters. The van der Waals surface area contributed by atoms with Crippen LogP contribution in [0.15, 0.2) is 60.1 Å². The van der Waals surface area contributed by atoms with E-state index in [-0.39, 0.29) is 18.0 Å².